The summed E-state index contributed by atoms with van der Waals surface area (Å²) in [5, 5.41) is 11.1. The van der Waals surface area contributed by atoms with Gasteiger partial charge in [0.15, 0.2) is 5.82 Å². The molecule has 1 N–H and O–H groups in total. The first-order valence-electron chi connectivity index (χ1n) is 3.57. The fourth-order valence-corrected chi connectivity index (χ4v) is 1.17. The van der Waals surface area contributed by atoms with Crippen molar-refractivity contribution in [2.45, 2.75) is 6.92 Å². The lowest BCUT2D eigenvalue weighted by molar-refractivity contribution is 0.991. The highest BCUT2D eigenvalue weighted by molar-refractivity contribution is 5.69. The molecule has 0 radical (unpaired) electrons. The molecule has 0 unspecified atom stereocenters. The van der Waals surface area contributed by atoms with Gasteiger partial charge in [0.05, 0.1) is 18.1 Å². The van der Waals surface area contributed by atoms with Crippen molar-refractivity contribution >= 4 is 11.5 Å². The van der Waals surface area contributed by atoms with Crippen LogP contribution < -0.4 is 10.2 Å². The average molecular weight is 150 g/mol. The van der Waals surface area contributed by atoms with Gasteiger partial charge in [-0.3, -0.25) is 0 Å². The second-order valence-corrected chi connectivity index (χ2v) is 2.75. The highest BCUT2D eigenvalue weighted by atomic mass is 15.3. The van der Waals surface area contributed by atoms with Crippen LogP contribution in [-0.2, 0) is 0 Å². The summed E-state index contributed by atoms with van der Waals surface area (Å²) in [4.78, 5) is 2.11. The molecule has 0 atom stereocenters. The van der Waals surface area contributed by atoms with E-state index < -0.39 is 0 Å². The Bertz CT molecular complexity index is 284. The van der Waals surface area contributed by atoms with Crippen molar-refractivity contribution in [3.05, 3.63) is 11.8 Å². The molecule has 0 saturated heterocycles. The van der Waals surface area contributed by atoms with E-state index in [1.165, 1.54) is 0 Å². The lowest BCUT2D eigenvalue weighted by Crippen LogP contribution is -2.15. The molecule has 0 aliphatic carbocycles. The molecule has 0 saturated carbocycles. The van der Waals surface area contributed by atoms with E-state index in [-0.39, 0.29) is 0 Å². The molecule has 0 amide bonds. The minimum Gasteiger partial charge on any atom is -0.354 e. The molecule has 0 bridgehead atoms. The van der Waals surface area contributed by atoms with E-state index in [9.17, 15) is 0 Å². The van der Waals surface area contributed by atoms with Crippen LogP contribution in [-0.4, -0.2) is 23.9 Å². The Labute approximate surface area is 65.2 Å². The largest absolute Gasteiger partial charge is 0.354 e. The molecule has 1 aliphatic rings. The molecular formula is C7H10N4. The first kappa shape index (κ1) is 6.39. The maximum atomic E-state index is 4.01. The summed E-state index contributed by atoms with van der Waals surface area (Å²) in [6.07, 6.45) is 0. The van der Waals surface area contributed by atoms with Gasteiger partial charge in [0.25, 0.3) is 0 Å². The summed E-state index contributed by atoms with van der Waals surface area (Å²) in [6.45, 7) is 2.77. The molecule has 4 nitrogen and oxygen atoms in total. The van der Waals surface area contributed by atoms with Gasteiger partial charge < -0.3 is 10.2 Å². The van der Waals surface area contributed by atoms with Crippen LogP contribution in [0.15, 0.2) is 6.07 Å². The number of rotatable bonds is 0. The van der Waals surface area contributed by atoms with Crippen molar-refractivity contribution in [1.29, 1.82) is 0 Å². The van der Waals surface area contributed by atoms with Crippen molar-refractivity contribution in [1.82, 2.24) is 10.2 Å². The molecule has 1 aliphatic heterocycles. The molecule has 1 aromatic rings. The molecule has 0 aromatic carbocycles. The summed E-state index contributed by atoms with van der Waals surface area (Å²) in [5.74, 6) is 0.887. The van der Waals surface area contributed by atoms with E-state index >= 15 is 0 Å². The zero-order valence-corrected chi connectivity index (χ0v) is 6.63. The molecule has 0 spiro atoms. The predicted octanol–water partition coefficient (Wildman–Crippen LogP) is 0.604. The Morgan fingerprint density at radius 1 is 1.55 bits per heavy atom. The van der Waals surface area contributed by atoms with Gasteiger partial charge in [-0.05, 0) is 13.0 Å². The van der Waals surface area contributed by atoms with Crippen LogP contribution in [0.3, 0.4) is 0 Å². The fourth-order valence-electron chi connectivity index (χ4n) is 1.17. The average Bonchev–Trinajstić information content (AvgIpc) is 2.33. The summed E-state index contributed by atoms with van der Waals surface area (Å²) < 4.78 is 0. The topological polar surface area (TPSA) is 41.1 Å². The summed E-state index contributed by atoms with van der Waals surface area (Å²) in [6, 6.07) is 2.03. The summed E-state index contributed by atoms with van der Waals surface area (Å²) in [5.41, 5.74) is 2.09. The molecule has 0 fully saturated rings. The Hall–Kier alpha value is -1.32. The standard InChI is InChI=1S/C7H10N4/c1-5-3-6-7(10-9-5)8-4-11(6)2/h3H,4H2,1-2H3,(H,8,10). The maximum absolute atomic E-state index is 4.01. The van der Waals surface area contributed by atoms with E-state index in [4.69, 9.17) is 0 Å². The van der Waals surface area contributed by atoms with Crippen LogP contribution in [0, 0.1) is 6.92 Å². The van der Waals surface area contributed by atoms with Crippen LogP contribution >= 0.6 is 0 Å². The van der Waals surface area contributed by atoms with Crippen LogP contribution in [0.4, 0.5) is 11.5 Å². The number of aromatic nitrogens is 2. The van der Waals surface area contributed by atoms with Gasteiger partial charge in [-0.1, -0.05) is 0 Å². The van der Waals surface area contributed by atoms with Crippen LogP contribution in [0.1, 0.15) is 5.69 Å². The predicted molar refractivity (Wildman–Crippen MR) is 43.7 cm³/mol. The number of hydrogen-bond donors (Lipinski definition) is 1. The smallest absolute Gasteiger partial charge is 0.173 e. The van der Waals surface area contributed by atoms with Gasteiger partial charge >= 0.3 is 0 Å². The second-order valence-electron chi connectivity index (χ2n) is 2.75. The summed E-state index contributed by atoms with van der Waals surface area (Å²) in [7, 11) is 2.03. The lowest BCUT2D eigenvalue weighted by atomic mass is 10.3. The van der Waals surface area contributed by atoms with Crippen molar-refractivity contribution in [3.63, 3.8) is 0 Å². The zero-order chi connectivity index (χ0) is 7.84. The van der Waals surface area contributed by atoms with Gasteiger partial charge in [-0.15, -0.1) is 5.10 Å². The van der Waals surface area contributed by atoms with Gasteiger partial charge in [-0.2, -0.15) is 5.10 Å². The third-order valence-corrected chi connectivity index (χ3v) is 1.79. The van der Waals surface area contributed by atoms with Gasteiger partial charge in [0.1, 0.15) is 0 Å². The minimum atomic E-state index is 0.827. The Morgan fingerprint density at radius 2 is 2.36 bits per heavy atom. The SMILES string of the molecule is Cc1cc2c(nn1)NCN2C. The molecule has 2 heterocycles. The normalized spacial score (nSPS) is 14.5. The maximum Gasteiger partial charge on any atom is 0.173 e. The van der Waals surface area contributed by atoms with E-state index in [1.807, 2.05) is 20.0 Å². The van der Waals surface area contributed by atoms with E-state index in [0.717, 1.165) is 23.9 Å². The number of aryl methyl sites for hydroxylation is 1. The number of nitrogens with one attached hydrogen (secondary N) is 1. The number of fused-ring (bicyclic) bond motifs is 1. The first-order valence-corrected chi connectivity index (χ1v) is 3.57. The third-order valence-electron chi connectivity index (χ3n) is 1.79. The quantitative estimate of drug-likeness (QED) is 0.588. The second kappa shape index (κ2) is 2.08. The Kier molecular flexibility index (Phi) is 1.21. The van der Waals surface area contributed by atoms with Crippen molar-refractivity contribution in [3.8, 4) is 0 Å². The lowest BCUT2D eigenvalue weighted by Gasteiger charge is -2.08. The first-order chi connectivity index (χ1) is 5.27. The molecular weight excluding hydrogens is 140 g/mol. The summed E-state index contributed by atoms with van der Waals surface area (Å²) >= 11 is 0. The number of anilines is 2. The van der Waals surface area contributed by atoms with Gasteiger partial charge in [0, 0.05) is 7.05 Å². The monoisotopic (exact) mass is 150 g/mol. The van der Waals surface area contributed by atoms with E-state index in [1.54, 1.807) is 0 Å². The number of hydrogen-bond acceptors (Lipinski definition) is 4. The minimum absolute atomic E-state index is 0.827. The molecule has 58 valence electrons. The highest BCUT2D eigenvalue weighted by Gasteiger charge is 2.15. The van der Waals surface area contributed by atoms with Crippen LogP contribution in [0.5, 0.6) is 0 Å². The van der Waals surface area contributed by atoms with Crippen molar-refractivity contribution in [2.24, 2.45) is 0 Å². The molecule has 1 aromatic heterocycles. The zero-order valence-electron chi connectivity index (χ0n) is 6.63. The molecule has 4 heteroatoms. The fraction of sp³-hybridized carbons (Fsp3) is 0.429. The Balaban J connectivity index is 2.52. The van der Waals surface area contributed by atoms with Crippen molar-refractivity contribution < 1.29 is 0 Å². The molecule has 2 rings (SSSR count). The Morgan fingerprint density at radius 3 is 3.18 bits per heavy atom. The number of nitrogens with zero attached hydrogens (tertiary/aromatic N) is 3. The van der Waals surface area contributed by atoms with E-state index in [2.05, 4.69) is 20.4 Å². The molecule has 11 heavy (non-hydrogen) atoms. The van der Waals surface area contributed by atoms with Crippen LogP contribution in [0.25, 0.3) is 0 Å². The van der Waals surface area contributed by atoms with Gasteiger partial charge in [-0.25, -0.2) is 0 Å². The highest BCUT2D eigenvalue weighted by Crippen LogP contribution is 2.26. The van der Waals surface area contributed by atoms with Crippen LogP contribution in [0.2, 0.25) is 0 Å². The van der Waals surface area contributed by atoms with E-state index in [0.29, 0.717) is 0 Å². The van der Waals surface area contributed by atoms with Crippen molar-refractivity contribution in [2.75, 3.05) is 23.9 Å². The third kappa shape index (κ3) is 0.906. The van der Waals surface area contributed by atoms with Gasteiger partial charge in [0.2, 0.25) is 0 Å².